The van der Waals surface area contributed by atoms with Gasteiger partial charge in [0.2, 0.25) is 0 Å². The van der Waals surface area contributed by atoms with Crippen LogP contribution in [-0.4, -0.2) is 31.5 Å². The number of carbonyl (C=O) groups is 1. The van der Waals surface area contributed by atoms with Gasteiger partial charge >= 0.3 is 6.09 Å². The van der Waals surface area contributed by atoms with E-state index in [1.807, 2.05) is 0 Å². The normalized spacial score (nSPS) is 34.2. The van der Waals surface area contributed by atoms with Gasteiger partial charge < -0.3 is 14.8 Å². The van der Waals surface area contributed by atoms with Gasteiger partial charge in [0.05, 0.1) is 6.10 Å². The highest BCUT2D eigenvalue weighted by Crippen LogP contribution is 2.35. The van der Waals surface area contributed by atoms with E-state index >= 15 is 0 Å². The lowest BCUT2D eigenvalue weighted by atomic mass is 9.75. The first kappa shape index (κ1) is 15.6. The molecule has 0 aromatic carbocycles. The zero-order valence-corrected chi connectivity index (χ0v) is 13.1. The lowest BCUT2D eigenvalue weighted by Crippen LogP contribution is -2.40. The highest BCUT2D eigenvalue weighted by Gasteiger charge is 2.33. The highest BCUT2D eigenvalue weighted by molar-refractivity contribution is 5.67. The Kier molecular flexibility index (Phi) is 5.70. The Balaban J connectivity index is 1.77. The summed E-state index contributed by atoms with van der Waals surface area (Å²) in [7, 11) is 0. The van der Waals surface area contributed by atoms with Gasteiger partial charge in [-0.1, -0.05) is 27.2 Å². The molecule has 1 saturated carbocycles. The fourth-order valence-electron chi connectivity index (χ4n) is 3.43. The van der Waals surface area contributed by atoms with E-state index in [0.29, 0.717) is 24.3 Å². The molecule has 1 heterocycles. The summed E-state index contributed by atoms with van der Waals surface area (Å²) in [6, 6.07) is 0. The van der Waals surface area contributed by atoms with Crippen molar-refractivity contribution in [3.05, 3.63) is 0 Å². The van der Waals surface area contributed by atoms with Crippen LogP contribution >= 0.6 is 0 Å². The molecule has 4 nitrogen and oxygen atoms in total. The summed E-state index contributed by atoms with van der Waals surface area (Å²) >= 11 is 0. The summed E-state index contributed by atoms with van der Waals surface area (Å²) in [5, 5.41) is 2.86. The maximum Gasteiger partial charge on any atom is 0.407 e. The number of alkyl carbamates (subject to hydrolysis) is 1. The second-order valence-electron chi connectivity index (χ2n) is 6.79. The van der Waals surface area contributed by atoms with E-state index in [4.69, 9.17) is 9.47 Å². The van der Waals surface area contributed by atoms with Crippen molar-refractivity contribution < 1.29 is 14.3 Å². The Morgan fingerprint density at radius 1 is 1.35 bits per heavy atom. The average Bonchev–Trinajstić information content (AvgIpc) is 2.89. The predicted octanol–water partition coefficient (Wildman–Crippen LogP) is 3.35. The van der Waals surface area contributed by atoms with Gasteiger partial charge in [0, 0.05) is 13.2 Å². The number of nitrogens with one attached hydrogen (secondary N) is 1. The van der Waals surface area contributed by atoms with E-state index in [2.05, 4.69) is 26.1 Å². The minimum atomic E-state index is -0.273. The van der Waals surface area contributed by atoms with Crippen LogP contribution < -0.4 is 5.32 Å². The molecule has 0 bridgehead atoms. The SMILES string of the molecule is CC(C)C1CC[C@@H](C)C[C@H]1OC(=O)NC[C@@H]1CCCO1. The molecule has 1 saturated heterocycles. The van der Waals surface area contributed by atoms with Crippen LogP contribution in [0, 0.1) is 17.8 Å². The summed E-state index contributed by atoms with van der Waals surface area (Å²) in [5.41, 5.74) is 0. The molecule has 1 unspecified atom stereocenters. The van der Waals surface area contributed by atoms with E-state index in [9.17, 15) is 4.79 Å². The molecule has 4 atom stereocenters. The molecule has 1 amide bonds. The third-order valence-electron chi connectivity index (χ3n) is 4.72. The number of amides is 1. The van der Waals surface area contributed by atoms with Crippen molar-refractivity contribution in [1.29, 1.82) is 0 Å². The maximum absolute atomic E-state index is 12.0. The molecule has 2 rings (SSSR count). The van der Waals surface area contributed by atoms with Gasteiger partial charge in [0.15, 0.2) is 0 Å². The predicted molar refractivity (Wildman–Crippen MR) is 78.6 cm³/mol. The fourth-order valence-corrected chi connectivity index (χ4v) is 3.43. The summed E-state index contributed by atoms with van der Waals surface area (Å²) in [5.74, 6) is 1.72. The number of ether oxygens (including phenoxy) is 2. The minimum Gasteiger partial charge on any atom is -0.446 e. The van der Waals surface area contributed by atoms with Crippen LogP contribution in [0.25, 0.3) is 0 Å². The molecule has 2 fully saturated rings. The van der Waals surface area contributed by atoms with Crippen LogP contribution in [0.5, 0.6) is 0 Å². The van der Waals surface area contributed by atoms with Crippen molar-refractivity contribution >= 4 is 6.09 Å². The third kappa shape index (κ3) is 4.37. The van der Waals surface area contributed by atoms with Crippen molar-refractivity contribution in [2.75, 3.05) is 13.2 Å². The lowest BCUT2D eigenvalue weighted by molar-refractivity contribution is 0.00431. The highest BCUT2D eigenvalue weighted by atomic mass is 16.6. The molecule has 20 heavy (non-hydrogen) atoms. The van der Waals surface area contributed by atoms with Crippen molar-refractivity contribution in [3.63, 3.8) is 0 Å². The summed E-state index contributed by atoms with van der Waals surface area (Å²) in [4.78, 5) is 12.0. The number of hydrogen-bond acceptors (Lipinski definition) is 3. The molecule has 1 N–H and O–H groups in total. The Morgan fingerprint density at radius 3 is 2.80 bits per heavy atom. The zero-order valence-electron chi connectivity index (χ0n) is 13.1. The van der Waals surface area contributed by atoms with Gasteiger partial charge in [-0.05, 0) is 43.4 Å². The van der Waals surface area contributed by atoms with Crippen molar-refractivity contribution in [1.82, 2.24) is 5.32 Å². The molecule has 116 valence electrons. The molecule has 0 spiro atoms. The summed E-state index contributed by atoms with van der Waals surface area (Å²) in [6.45, 7) is 8.09. The Bertz CT molecular complexity index is 313. The van der Waals surface area contributed by atoms with Gasteiger partial charge in [-0.15, -0.1) is 0 Å². The van der Waals surface area contributed by atoms with Crippen molar-refractivity contribution in [2.45, 2.75) is 65.1 Å². The second-order valence-corrected chi connectivity index (χ2v) is 6.79. The quantitative estimate of drug-likeness (QED) is 0.860. The molecule has 1 aliphatic heterocycles. The van der Waals surface area contributed by atoms with Crippen LogP contribution in [0.4, 0.5) is 4.79 Å². The number of rotatable bonds is 4. The second kappa shape index (κ2) is 7.30. The van der Waals surface area contributed by atoms with Crippen LogP contribution in [0.3, 0.4) is 0 Å². The van der Waals surface area contributed by atoms with Gasteiger partial charge in [0.25, 0.3) is 0 Å². The minimum absolute atomic E-state index is 0.0725. The molecule has 1 aliphatic carbocycles. The number of carbonyl (C=O) groups excluding carboxylic acids is 1. The van der Waals surface area contributed by atoms with Crippen LogP contribution in [0.15, 0.2) is 0 Å². The lowest BCUT2D eigenvalue weighted by Gasteiger charge is -2.36. The molecule has 0 aromatic rings. The number of hydrogen-bond donors (Lipinski definition) is 1. The Hall–Kier alpha value is -0.770. The molecule has 4 heteroatoms. The monoisotopic (exact) mass is 283 g/mol. The maximum atomic E-state index is 12.0. The first-order valence-corrected chi connectivity index (χ1v) is 8.12. The van der Waals surface area contributed by atoms with Gasteiger partial charge in [0.1, 0.15) is 6.10 Å². The van der Waals surface area contributed by atoms with E-state index in [-0.39, 0.29) is 18.3 Å². The summed E-state index contributed by atoms with van der Waals surface area (Å²) in [6.07, 6.45) is 5.52. The van der Waals surface area contributed by atoms with E-state index in [1.165, 1.54) is 12.8 Å². The van der Waals surface area contributed by atoms with E-state index in [0.717, 1.165) is 25.9 Å². The van der Waals surface area contributed by atoms with Crippen molar-refractivity contribution in [2.24, 2.45) is 17.8 Å². The van der Waals surface area contributed by atoms with Crippen LogP contribution in [0.2, 0.25) is 0 Å². The first-order chi connectivity index (χ1) is 9.56. The van der Waals surface area contributed by atoms with Gasteiger partial charge in [-0.3, -0.25) is 0 Å². The van der Waals surface area contributed by atoms with Crippen molar-refractivity contribution in [3.8, 4) is 0 Å². The zero-order chi connectivity index (χ0) is 14.5. The first-order valence-electron chi connectivity index (χ1n) is 8.12. The average molecular weight is 283 g/mol. The third-order valence-corrected chi connectivity index (χ3v) is 4.72. The van der Waals surface area contributed by atoms with Crippen LogP contribution in [0.1, 0.15) is 52.9 Å². The van der Waals surface area contributed by atoms with Crippen LogP contribution in [-0.2, 0) is 9.47 Å². The summed E-state index contributed by atoms with van der Waals surface area (Å²) < 4.78 is 11.2. The van der Waals surface area contributed by atoms with E-state index in [1.54, 1.807) is 0 Å². The topological polar surface area (TPSA) is 47.6 Å². The molecule has 2 aliphatic rings. The Morgan fingerprint density at radius 2 is 2.15 bits per heavy atom. The standard InChI is InChI=1S/C16H29NO3/c1-11(2)14-7-6-12(3)9-15(14)20-16(18)17-10-13-5-4-8-19-13/h11-15H,4-10H2,1-3H3,(H,17,18)/t12-,13+,14?,15-/m1/s1. The largest absolute Gasteiger partial charge is 0.446 e. The van der Waals surface area contributed by atoms with E-state index < -0.39 is 0 Å². The molecule has 0 radical (unpaired) electrons. The smallest absolute Gasteiger partial charge is 0.407 e. The molecular weight excluding hydrogens is 254 g/mol. The Labute approximate surface area is 122 Å². The fraction of sp³-hybridized carbons (Fsp3) is 0.938. The molecular formula is C16H29NO3. The van der Waals surface area contributed by atoms with Gasteiger partial charge in [-0.25, -0.2) is 4.79 Å². The van der Waals surface area contributed by atoms with Gasteiger partial charge in [-0.2, -0.15) is 0 Å². The molecule has 0 aromatic heterocycles.